The van der Waals surface area contributed by atoms with Crippen LogP contribution in [0.3, 0.4) is 0 Å². The van der Waals surface area contributed by atoms with Crippen molar-refractivity contribution in [2.45, 2.75) is 33.4 Å². The van der Waals surface area contributed by atoms with Gasteiger partial charge in [0.15, 0.2) is 17.3 Å². The molecule has 0 N–H and O–H groups in total. The van der Waals surface area contributed by atoms with E-state index in [0.29, 0.717) is 35.6 Å². The molecule has 0 aliphatic rings. The molecule has 0 saturated carbocycles. The number of benzene rings is 1. The van der Waals surface area contributed by atoms with E-state index < -0.39 is 11.6 Å². The number of nitrogens with zero attached hydrogens (tertiary/aromatic N) is 7. The van der Waals surface area contributed by atoms with Crippen molar-refractivity contribution in [3.05, 3.63) is 78.1 Å². The molecule has 3 heterocycles. The van der Waals surface area contributed by atoms with Gasteiger partial charge in [0.25, 0.3) is 5.91 Å². The van der Waals surface area contributed by atoms with Crippen LogP contribution in [0.25, 0.3) is 16.8 Å². The Labute approximate surface area is 189 Å². The lowest BCUT2D eigenvalue weighted by Gasteiger charge is -2.28. The van der Waals surface area contributed by atoms with Gasteiger partial charge >= 0.3 is 0 Å². The molecule has 0 saturated heterocycles. The molecule has 1 amide bonds. The Balaban J connectivity index is 1.55. The minimum atomic E-state index is -0.912. The molecule has 1 aromatic carbocycles. The van der Waals surface area contributed by atoms with E-state index in [1.54, 1.807) is 34.1 Å². The number of hydrogen-bond donors (Lipinski definition) is 0. The maximum absolute atomic E-state index is 13.6. The van der Waals surface area contributed by atoms with Crippen LogP contribution in [0.15, 0.2) is 55.1 Å². The molecule has 1 atom stereocenters. The summed E-state index contributed by atoms with van der Waals surface area (Å²) in [6.45, 7) is 6.50. The Kier molecular flexibility index (Phi) is 6.25. The summed E-state index contributed by atoms with van der Waals surface area (Å²) in [5.74, 6) is -2.05. The lowest BCUT2D eigenvalue weighted by molar-refractivity contribution is 0.0678. The van der Waals surface area contributed by atoms with Crippen molar-refractivity contribution in [1.82, 2.24) is 34.7 Å². The summed E-state index contributed by atoms with van der Waals surface area (Å²) in [5.41, 5.74) is 2.66. The number of aryl methyl sites for hydroxylation is 1. The summed E-state index contributed by atoms with van der Waals surface area (Å²) < 4.78 is 28.5. The van der Waals surface area contributed by atoms with Gasteiger partial charge < -0.3 is 4.90 Å². The highest BCUT2D eigenvalue weighted by Gasteiger charge is 2.25. The highest BCUT2D eigenvalue weighted by molar-refractivity contribution is 5.96. The number of rotatable bonds is 7. The number of carbonyl (C=O) groups excluding carboxylic acids is 1. The Hall–Kier alpha value is -3.95. The summed E-state index contributed by atoms with van der Waals surface area (Å²) in [6.07, 6.45) is 6.40. The summed E-state index contributed by atoms with van der Waals surface area (Å²) in [6, 6.07) is 7.08. The molecule has 8 nitrogen and oxygen atoms in total. The molecule has 4 aromatic rings. The van der Waals surface area contributed by atoms with Crippen LogP contribution in [0.5, 0.6) is 0 Å². The van der Waals surface area contributed by atoms with Crippen LogP contribution in [-0.4, -0.2) is 53.2 Å². The van der Waals surface area contributed by atoms with Crippen LogP contribution in [0.1, 0.15) is 30.0 Å². The molecule has 0 fully saturated rings. The molecule has 0 radical (unpaired) electrons. The normalized spacial score (nSPS) is 12.0. The van der Waals surface area contributed by atoms with Crippen LogP contribution in [0, 0.1) is 18.6 Å². The average molecular weight is 451 g/mol. The van der Waals surface area contributed by atoms with E-state index in [4.69, 9.17) is 0 Å². The van der Waals surface area contributed by atoms with Crippen LogP contribution in [-0.2, 0) is 6.54 Å². The van der Waals surface area contributed by atoms with Crippen molar-refractivity contribution in [3.63, 3.8) is 0 Å². The maximum atomic E-state index is 13.6. The number of pyridine rings is 1. The molecule has 3 aromatic heterocycles. The van der Waals surface area contributed by atoms with Crippen LogP contribution in [0.2, 0.25) is 0 Å². The van der Waals surface area contributed by atoms with E-state index in [2.05, 4.69) is 20.3 Å². The summed E-state index contributed by atoms with van der Waals surface area (Å²) in [4.78, 5) is 21.0. The minimum Gasteiger partial charge on any atom is -0.333 e. The number of carbonyl (C=O) groups is 1. The molecule has 10 heteroatoms. The first-order valence-corrected chi connectivity index (χ1v) is 10.5. The standard InChI is InChI=1S/C23H23F2N7O/c1-4-31(23(33)22-21(8-5-15(2)29-22)32-26-9-10-27-32)16(3)13-30-14-18(12-28-30)17-6-7-19(24)20(25)11-17/h5-12,14,16H,4,13H2,1-3H3/t16-/m0/s1. The Morgan fingerprint density at radius 3 is 2.52 bits per heavy atom. The third kappa shape index (κ3) is 4.64. The average Bonchev–Trinajstić information content (AvgIpc) is 3.48. The molecule has 4 rings (SSSR count). The zero-order valence-corrected chi connectivity index (χ0v) is 18.5. The molecule has 0 unspecified atom stereocenters. The molecular formula is C23H23F2N7O. The molecule has 33 heavy (non-hydrogen) atoms. The smallest absolute Gasteiger partial charge is 0.275 e. The van der Waals surface area contributed by atoms with Gasteiger partial charge in [-0.05, 0) is 50.6 Å². The predicted molar refractivity (Wildman–Crippen MR) is 118 cm³/mol. The van der Waals surface area contributed by atoms with E-state index in [9.17, 15) is 13.6 Å². The fraction of sp³-hybridized carbons (Fsp3) is 0.261. The largest absolute Gasteiger partial charge is 0.333 e. The lowest BCUT2D eigenvalue weighted by atomic mass is 10.1. The van der Waals surface area contributed by atoms with Gasteiger partial charge in [-0.1, -0.05) is 6.07 Å². The fourth-order valence-corrected chi connectivity index (χ4v) is 3.66. The molecule has 170 valence electrons. The monoisotopic (exact) mass is 451 g/mol. The fourth-order valence-electron chi connectivity index (χ4n) is 3.66. The van der Waals surface area contributed by atoms with Crippen LogP contribution < -0.4 is 0 Å². The highest BCUT2D eigenvalue weighted by Crippen LogP contribution is 2.22. The summed E-state index contributed by atoms with van der Waals surface area (Å²) >= 11 is 0. The zero-order chi connectivity index (χ0) is 23.5. The van der Waals surface area contributed by atoms with Gasteiger partial charge in [-0.3, -0.25) is 9.48 Å². The first-order valence-electron chi connectivity index (χ1n) is 10.5. The van der Waals surface area contributed by atoms with Crippen molar-refractivity contribution < 1.29 is 13.6 Å². The molecular weight excluding hydrogens is 428 g/mol. The van der Waals surface area contributed by atoms with Gasteiger partial charge in [0, 0.05) is 30.0 Å². The first-order chi connectivity index (χ1) is 15.9. The Bertz CT molecular complexity index is 1270. The second-order valence-electron chi connectivity index (χ2n) is 7.66. The number of hydrogen-bond acceptors (Lipinski definition) is 5. The third-order valence-electron chi connectivity index (χ3n) is 5.32. The molecule has 0 spiro atoms. The van der Waals surface area contributed by atoms with E-state index in [0.717, 1.165) is 12.1 Å². The van der Waals surface area contributed by atoms with Gasteiger partial charge in [-0.25, -0.2) is 13.8 Å². The first kappa shape index (κ1) is 22.3. The van der Waals surface area contributed by atoms with Crippen molar-refractivity contribution in [1.29, 1.82) is 0 Å². The molecule has 0 bridgehead atoms. The topological polar surface area (TPSA) is 81.7 Å². The summed E-state index contributed by atoms with van der Waals surface area (Å²) in [7, 11) is 0. The number of aromatic nitrogens is 6. The maximum Gasteiger partial charge on any atom is 0.275 e. The van der Waals surface area contributed by atoms with Gasteiger partial charge in [0.2, 0.25) is 0 Å². The third-order valence-corrected chi connectivity index (χ3v) is 5.32. The van der Waals surface area contributed by atoms with E-state index in [-0.39, 0.29) is 17.6 Å². The van der Waals surface area contributed by atoms with Gasteiger partial charge in [0.1, 0.15) is 5.69 Å². The second-order valence-corrected chi connectivity index (χ2v) is 7.66. The highest BCUT2D eigenvalue weighted by atomic mass is 19.2. The van der Waals surface area contributed by atoms with Gasteiger partial charge in [-0.15, -0.1) is 4.80 Å². The Morgan fingerprint density at radius 1 is 1.06 bits per heavy atom. The Morgan fingerprint density at radius 2 is 1.82 bits per heavy atom. The zero-order valence-electron chi connectivity index (χ0n) is 18.5. The predicted octanol–water partition coefficient (Wildman–Crippen LogP) is 3.66. The number of likely N-dealkylation sites (N-methyl/N-ethyl adjacent to an activating group) is 1. The number of halogens is 2. The van der Waals surface area contributed by atoms with Crippen LogP contribution in [0.4, 0.5) is 8.78 Å². The number of amides is 1. The van der Waals surface area contributed by atoms with Crippen molar-refractivity contribution >= 4 is 5.91 Å². The van der Waals surface area contributed by atoms with Gasteiger partial charge in [-0.2, -0.15) is 15.3 Å². The summed E-state index contributed by atoms with van der Waals surface area (Å²) in [5, 5.41) is 12.6. The van der Waals surface area contributed by atoms with E-state index in [1.807, 2.05) is 20.8 Å². The SMILES string of the molecule is CCN(C(=O)c1nc(C)ccc1-n1nccn1)[C@@H](C)Cn1cc(-c2ccc(F)c(F)c2)cn1. The minimum absolute atomic E-state index is 0.221. The molecule has 0 aliphatic carbocycles. The van der Waals surface area contributed by atoms with E-state index >= 15 is 0 Å². The van der Waals surface area contributed by atoms with Crippen molar-refractivity contribution in [2.75, 3.05) is 6.54 Å². The van der Waals surface area contributed by atoms with Crippen molar-refractivity contribution in [2.24, 2.45) is 0 Å². The lowest BCUT2D eigenvalue weighted by Crippen LogP contribution is -2.41. The quantitative estimate of drug-likeness (QED) is 0.428. The van der Waals surface area contributed by atoms with Crippen molar-refractivity contribution in [3.8, 4) is 16.8 Å². The van der Waals surface area contributed by atoms with E-state index in [1.165, 1.54) is 23.3 Å². The van der Waals surface area contributed by atoms with Gasteiger partial charge in [0.05, 0.1) is 25.1 Å². The molecule has 0 aliphatic heterocycles. The second kappa shape index (κ2) is 9.27. The van der Waals surface area contributed by atoms with Crippen LogP contribution >= 0.6 is 0 Å².